The van der Waals surface area contributed by atoms with Crippen molar-refractivity contribution in [2.75, 3.05) is 25.5 Å². The van der Waals surface area contributed by atoms with E-state index >= 15 is 0 Å². The van der Waals surface area contributed by atoms with Crippen LogP contribution in [-0.2, 0) is 0 Å². The first-order valence-corrected chi connectivity index (χ1v) is 5.67. The van der Waals surface area contributed by atoms with Gasteiger partial charge in [-0.25, -0.2) is 9.59 Å². The molecule has 0 radical (unpaired) electrons. The van der Waals surface area contributed by atoms with Crippen LogP contribution >= 0.6 is 0 Å². The van der Waals surface area contributed by atoms with Gasteiger partial charge in [0.1, 0.15) is 0 Å². The molecular weight excluding hydrogens is 234 g/mol. The van der Waals surface area contributed by atoms with Crippen LogP contribution in [0.1, 0.15) is 16.8 Å². The number of carboxylic acids is 1. The third-order valence-corrected chi connectivity index (χ3v) is 2.29. The summed E-state index contributed by atoms with van der Waals surface area (Å²) in [7, 11) is 1.84. The summed E-state index contributed by atoms with van der Waals surface area (Å²) in [5, 5.41) is 17.1. The maximum Gasteiger partial charge on any atom is 0.337 e. The maximum absolute atomic E-state index is 11.5. The predicted molar refractivity (Wildman–Crippen MR) is 69.0 cm³/mol. The van der Waals surface area contributed by atoms with Gasteiger partial charge in [-0.15, -0.1) is 0 Å². The van der Waals surface area contributed by atoms with Crippen LogP contribution < -0.4 is 16.0 Å². The molecular formula is C12H17N3O3. The van der Waals surface area contributed by atoms with Crippen molar-refractivity contribution < 1.29 is 14.7 Å². The molecule has 18 heavy (non-hydrogen) atoms. The van der Waals surface area contributed by atoms with Crippen LogP contribution in [0.15, 0.2) is 24.3 Å². The number of anilines is 1. The number of carbonyl (C=O) groups is 2. The molecule has 0 aliphatic heterocycles. The van der Waals surface area contributed by atoms with E-state index in [2.05, 4.69) is 16.0 Å². The molecule has 6 heteroatoms. The van der Waals surface area contributed by atoms with Crippen molar-refractivity contribution in [1.29, 1.82) is 0 Å². The zero-order valence-electron chi connectivity index (χ0n) is 10.2. The number of carboxylic acid groups (broad SMARTS) is 1. The Morgan fingerprint density at radius 1 is 1.22 bits per heavy atom. The third-order valence-electron chi connectivity index (χ3n) is 2.29. The molecule has 0 spiro atoms. The zero-order valence-corrected chi connectivity index (χ0v) is 10.2. The highest BCUT2D eigenvalue weighted by atomic mass is 16.4. The third kappa shape index (κ3) is 4.42. The second-order valence-electron chi connectivity index (χ2n) is 3.69. The zero-order chi connectivity index (χ0) is 13.4. The van der Waals surface area contributed by atoms with E-state index in [9.17, 15) is 9.59 Å². The van der Waals surface area contributed by atoms with Crippen LogP contribution in [0.25, 0.3) is 0 Å². The van der Waals surface area contributed by atoms with E-state index in [4.69, 9.17) is 5.11 Å². The van der Waals surface area contributed by atoms with Crippen LogP contribution in [0.5, 0.6) is 0 Å². The Bertz CT molecular complexity index is 421. The number of carbonyl (C=O) groups excluding carboxylic acids is 1. The normalized spacial score (nSPS) is 9.83. The number of aromatic carboxylic acids is 1. The Labute approximate surface area is 105 Å². The molecule has 1 aromatic rings. The molecule has 1 aromatic carbocycles. The first kappa shape index (κ1) is 14.0. The van der Waals surface area contributed by atoms with Crippen molar-refractivity contribution in [2.45, 2.75) is 6.42 Å². The molecule has 0 atom stereocenters. The molecule has 2 amide bonds. The van der Waals surface area contributed by atoms with Gasteiger partial charge in [-0.2, -0.15) is 0 Å². The number of hydrogen-bond donors (Lipinski definition) is 4. The highest BCUT2D eigenvalue weighted by Gasteiger charge is 2.10. The average Bonchev–Trinajstić information content (AvgIpc) is 2.35. The van der Waals surface area contributed by atoms with Crippen molar-refractivity contribution in [3.05, 3.63) is 29.8 Å². The van der Waals surface area contributed by atoms with Crippen molar-refractivity contribution in [2.24, 2.45) is 0 Å². The fourth-order valence-electron chi connectivity index (χ4n) is 1.41. The summed E-state index contributed by atoms with van der Waals surface area (Å²) in [5.41, 5.74) is 0.360. The molecule has 0 aromatic heterocycles. The molecule has 1 rings (SSSR count). The van der Waals surface area contributed by atoms with Gasteiger partial charge in [0.2, 0.25) is 0 Å². The first-order valence-electron chi connectivity index (χ1n) is 5.67. The minimum Gasteiger partial charge on any atom is -0.478 e. The Morgan fingerprint density at radius 2 is 1.94 bits per heavy atom. The molecule has 0 saturated heterocycles. The highest BCUT2D eigenvalue weighted by Crippen LogP contribution is 2.14. The SMILES string of the molecule is CNCCCNC(=O)Nc1ccccc1C(=O)O. The number of nitrogens with one attached hydrogen (secondary N) is 3. The van der Waals surface area contributed by atoms with E-state index in [0.29, 0.717) is 6.54 Å². The van der Waals surface area contributed by atoms with E-state index in [1.165, 1.54) is 6.07 Å². The lowest BCUT2D eigenvalue weighted by Gasteiger charge is -2.09. The fourth-order valence-corrected chi connectivity index (χ4v) is 1.41. The van der Waals surface area contributed by atoms with Gasteiger partial charge < -0.3 is 21.1 Å². The molecule has 4 N–H and O–H groups in total. The summed E-state index contributed by atoms with van der Waals surface area (Å²) >= 11 is 0. The van der Waals surface area contributed by atoms with Gasteiger partial charge in [0, 0.05) is 6.54 Å². The summed E-state index contributed by atoms with van der Waals surface area (Å²) in [4.78, 5) is 22.4. The van der Waals surface area contributed by atoms with Crippen LogP contribution in [0.3, 0.4) is 0 Å². The fraction of sp³-hybridized carbons (Fsp3) is 0.333. The molecule has 0 bridgehead atoms. The molecule has 0 aliphatic rings. The van der Waals surface area contributed by atoms with Gasteiger partial charge in [-0.3, -0.25) is 0 Å². The number of amides is 2. The van der Waals surface area contributed by atoms with Crippen molar-refractivity contribution in [3.8, 4) is 0 Å². The minimum absolute atomic E-state index is 0.0721. The molecule has 0 heterocycles. The molecule has 6 nitrogen and oxygen atoms in total. The van der Waals surface area contributed by atoms with Gasteiger partial charge in [-0.1, -0.05) is 12.1 Å². The first-order chi connectivity index (χ1) is 8.65. The monoisotopic (exact) mass is 251 g/mol. The van der Waals surface area contributed by atoms with Crippen LogP contribution in [0.2, 0.25) is 0 Å². The number of hydrogen-bond acceptors (Lipinski definition) is 3. The Balaban J connectivity index is 2.51. The highest BCUT2D eigenvalue weighted by molar-refractivity contribution is 5.99. The van der Waals surface area contributed by atoms with Gasteiger partial charge in [0.25, 0.3) is 0 Å². The van der Waals surface area contributed by atoms with Gasteiger partial charge in [0.05, 0.1) is 11.3 Å². The van der Waals surface area contributed by atoms with Crippen molar-refractivity contribution in [3.63, 3.8) is 0 Å². The molecule has 0 unspecified atom stereocenters. The second-order valence-corrected chi connectivity index (χ2v) is 3.69. The Hall–Kier alpha value is -2.08. The smallest absolute Gasteiger partial charge is 0.337 e. The van der Waals surface area contributed by atoms with Gasteiger partial charge in [-0.05, 0) is 32.1 Å². The van der Waals surface area contributed by atoms with Gasteiger partial charge in [0.15, 0.2) is 0 Å². The lowest BCUT2D eigenvalue weighted by atomic mass is 10.2. The summed E-state index contributed by atoms with van der Waals surface area (Å²) in [6.45, 7) is 1.34. The molecule has 0 fully saturated rings. The van der Waals surface area contributed by atoms with E-state index < -0.39 is 12.0 Å². The largest absolute Gasteiger partial charge is 0.478 e. The molecule has 0 aliphatic carbocycles. The topological polar surface area (TPSA) is 90.5 Å². The quantitative estimate of drug-likeness (QED) is 0.570. The standard InChI is InChI=1S/C12H17N3O3/c1-13-7-4-8-14-12(18)15-10-6-3-2-5-9(10)11(16)17/h2-3,5-6,13H,4,7-8H2,1H3,(H,16,17)(H2,14,15,18). The van der Waals surface area contributed by atoms with Crippen LogP contribution in [-0.4, -0.2) is 37.2 Å². The summed E-state index contributed by atoms with van der Waals surface area (Å²) in [6, 6.07) is 5.87. The summed E-state index contributed by atoms with van der Waals surface area (Å²) in [5.74, 6) is -1.07. The van der Waals surface area contributed by atoms with Crippen LogP contribution in [0, 0.1) is 0 Å². The van der Waals surface area contributed by atoms with Crippen molar-refractivity contribution >= 4 is 17.7 Å². The second kappa shape index (κ2) is 7.29. The number of rotatable bonds is 6. The Kier molecular flexibility index (Phi) is 5.66. The van der Waals surface area contributed by atoms with Crippen LogP contribution in [0.4, 0.5) is 10.5 Å². The maximum atomic E-state index is 11.5. The summed E-state index contributed by atoms with van der Waals surface area (Å²) < 4.78 is 0. The van der Waals surface area contributed by atoms with E-state index in [-0.39, 0.29) is 11.3 Å². The number of urea groups is 1. The van der Waals surface area contributed by atoms with E-state index in [1.54, 1.807) is 18.2 Å². The lowest BCUT2D eigenvalue weighted by molar-refractivity contribution is 0.0698. The average molecular weight is 251 g/mol. The number of benzene rings is 1. The Morgan fingerprint density at radius 3 is 2.61 bits per heavy atom. The van der Waals surface area contributed by atoms with Gasteiger partial charge >= 0.3 is 12.0 Å². The van der Waals surface area contributed by atoms with E-state index in [0.717, 1.165) is 13.0 Å². The number of para-hydroxylation sites is 1. The molecule has 0 saturated carbocycles. The predicted octanol–water partition coefficient (Wildman–Crippen LogP) is 1.12. The van der Waals surface area contributed by atoms with Crippen molar-refractivity contribution in [1.82, 2.24) is 10.6 Å². The summed E-state index contributed by atoms with van der Waals surface area (Å²) in [6.07, 6.45) is 0.810. The van der Waals surface area contributed by atoms with E-state index in [1.807, 2.05) is 7.05 Å². The molecule has 98 valence electrons. The lowest BCUT2D eigenvalue weighted by Crippen LogP contribution is -2.31. The minimum atomic E-state index is -1.07.